The molecule has 0 spiro atoms. The molecule has 1 aliphatic rings. The molecule has 0 N–H and O–H groups in total. The first-order chi connectivity index (χ1) is 9.76. The largest absolute Gasteiger partial charge is 0.493 e. The topological polar surface area (TPSA) is 26.3 Å². The summed E-state index contributed by atoms with van der Waals surface area (Å²) in [4.78, 5) is 10.9. The highest BCUT2D eigenvalue weighted by Gasteiger charge is 2.24. The number of hydrogen-bond donors (Lipinski definition) is 0. The lowest BCUT2D eigenvalue weighted by atomic mass is 9.93. The maximum absolute atomic E-state index is 10.9. The third kappa shape index (κ3) is 2.70. The first kappa shape index (κ1) is 13.2. The maximum Gasteiger partial charge on any atom is 0.150 e. The van der Waals surface area contributed by atoms with E-state index in [1.165, 1.54) is 5.56 Å². The Hall–Kier alpha value is -1.80. The van der Waals surface area contributed by atoms with E-state index in [9.17, 15) is 4.79 Å². The Morgan fingerprint density at radius 1 is 1.25 bits per heavy atom. The number of ether oxygens (including phenoxy) is 1. The number of fused-ring (bicyclic) bond motifs is 1. The lowest BCUT2D eigenvalue weighted by Gasteiger charge is -2.09. The Morgan fingerprint density at radius 3 is 2.95 bits per heavy atom. The van der Waals surface area contributed by atoms with E-state index in [1.54, 1.807) is 6.07 Å². The van der Waals surface area contributed by atoms with Crippen LogP contribution >= 0.6 is 11.6 Å². The van der Waals surface area contributed by atoms with Crippen molar-refractivity contribution in [3.05, 3.63) is 64.2 Å². The maximum atomic E-state index is 10.9. The molecular weight excluding hydrogens is 272 g/mol. The summed E-state index contributed by atoms with van der Waals surface area (Å²) in [6.45, 7) is 0.693. The van der Waals surface area contributed by atoms with Crippen LogP contribution in [0.4, 0.5) is 0 Å². The van der Waals surface area contributed by atoms with E-state index in [0.29, 0.717) is 18.1 Å². The van der Waals surface area contributed by atoms with E-state index in [2.05, 4.69) is 6.07 Å². The van der Waals surface area contributed by atoms with Crippen molar-refractivity contribution in [3.8, 4) is 5.75 Å². The van der Waals surface area contributed by atoms with Crippen LogP contribution < -0.4 is 4.74 Å². The summed E-state index contributed by atoms with van der Waals surface area (Å²) in [5.41, 5.74) is 3.09. The van der Waals surface area contributed by atoms with E-state index in [4.69, 9.17) is 16.3 Å². The minimum Gasteiger partial charge on any atom is -0.493 e. The van der Waals surface area contributed by atoms with Crippen molar-refractivity contribution in [1.82, 2.24) is 0 Å². The highest BCUT2D eigenvalue weighted by Crippen LogP contribution is 2.37. The second kappa shape index (κ2) is 5.68. The van der Waals surface area contributed by atoms with Crippen LogP contribution in [-0.4, -0.2) is 12.9 Å². The van der Waals surface area contributed by atoms with Gasteiger partial charge in [0.25, 0.3) is 0 Å². The van der Waals surface area contributed by atoms with Gasteiger partial charge in [-0.3, -0.25) is 4.79 Å². The fraction of sp³-hybridized carbons (Fsp3) is 0.235. The summed E-state index contributed by atoms with van der Waals surface area (Å²) in [6, 6.07) is 13.6. The molecule has 0 aromatic heterocycles. The van der Waals surface area contributed by atoms with Gasteiger partial charge in [-0.2, -0.15) is 0 Å². The predicted octanol–water partition coefficient (Wildman–Crippen LogP) is 4.26. The monoisotopic (exact) mass is 286 g/mol. The van der Waals surface area contributed by atoms with Crippen molar-refractivity contribution in [3.63, 3.8) is 0 Å². The third-order valence-corrected chi connectivity index (χ3v) is 3.96. The van der Waals surface area contributed by atoms with Crippen molar-refractivity contribution in [2.45, 2.75) is 18.8 Å². The smallest absolute Gasteiger partial charge is 0.150 e. The van der Waals surface area contributed by atoms with Crippen LogP contribution in [0.1, 0.15) is 33.8 Å². The van der Waals surface area contributed by atoms with Gasteiger partial charge in [0.15, 0.2) is 0 Å². The summed E-state index contributed by atoms with van der Waals surface area (Å²) < 4.78 is 5.68. The Bertz CT molecular complexity index is 637. The Labute approximate surface area is 123 Å². The van der Waals surface area contributed by atoms with Crippen LogP contribution in [0.15, 0.2) is 42.5 Å². The number of halogens is 1. The lowest BCUT2D eigenvalue weighted by molar-refractivity contribution is 0.112. The molecular formula is C17H15ClO2. The fourth-order valence-electron chi connectivity index (χ4n) is 2.64. The second-order valence-electron chi connectivity index (χ2n) is 5.09. The highest BCUT2D eigenvalue weighted by atomic mass is 35.5. The fourth-order valence-corrected chi connectivity index (χ4v) is 2.86. The van der Waals surface area contributed by atoms with Crippen molar-refractivity contribution >= 4 is 17.9 Å². The van der Waals surface area contributed by atoms with Crippen LogP contribution in [0.3, 0.4) is 0 Å². The van der Waals surface area contributed by atoms with Gasteiger partial charge in [0.05, 0.1) is 6.61 Å². The molecule has 1 unspecified atom stereocenters. The van der Waals surface area contributed by atoms with Crippen molar-refractivity contribution < 1.29 is 9.53 Å². The van der Waals surface area contributed by atoms with E-state index in [1.807, 2.05) is 30.3 Å². The molecule has 1 aliphatic heterocycles. The highest BCUT2D eigenvalue weighted by molar-refractivity contribution is 6.30. The average molecular weight is 287 g/mol. The molecule has 0 bridgehead atoms. The normalized spacial score (nSPS) is 16.6. The van der Waals surface area contributed by atoms with E-state index >= 15 is 0 Å². The molecule has 0 aliphatic carbocycles. The Morgan fingerprint density at radius 2 is 2.15 bits per heavy atom. The van der Waals surface area contributed by atoms with Gasteiger partial charge >= 0.3 is 0 Å². The quantitative estimate of drug-likeness (QED) is 0.785. The van der Waals surface area contributed by atoms with Gasteiger partial charge in [0.2, 0.25) is 0 Å². The number of aryl methyl sites for hydroxylation is 1. The molecule has 0 radical (unpaired) electrons. The minimum absolute atomic E-state index is 0.351. The molecule has 1 atom stereocenters. The lowest BCUT2D eigenvalue weighted by Crippen LogP contribution is -2.02. The molecule has 0 amide bonds. The first-order valence-corrected chi connectivity index (χ1v) is 7.10. The summed E-state index contributed by atoms with van der Waals surface area (Å²) in [5, 5.41) is 0.772. The zero-order valence-corrected chi connectivity index (χ0v) is 11.8. The summed E-state index contributed by atoms with van der Waals surface area (Å²) in [7, 11) is 0. The van der Waals surface area contributed by atoms with Gasteiger partial charge in [-0.15, -0.1) is 0 Å². The minimum atomic E-state index is 0.351. The number of carbonyl (C=O) groups excluding carboxylic acids is 1. The molecule has 0 fully saturated rings. The zero-order valence-electron chi connectivity index (χ0n) is 11.0. The van der Waals surface area contributed by atoms with Crippen molar-refractivity contribution in [2.24, 2.45) is 0 Å². The Balaban J connectivity index is 1.73. The molecule has 102 valence electrons. The molecule has 1 heterocycles. The van der Waals surface area contributed by atoms with Gasteiger partial charge in [-0.1, -0.05) is 23.7 Å². The zero-order chi connectivity index (χ0) is 13.9. The number of aldehydes is 1. The molecule has 2 aromatic rings. The molecule has 3 rings (SSSR count). The van der Waals surface area contributed by atoms with Gasteiger partial charge in [0, 0.05) is 22.1 Å². The average Bonchev–Trinajstić information content (AvgIpc) is 2.87. The van der Waals surface area contributed by atoms with Crippen LogP contribution in [-0.2, 0) is 6.42 Å². The SMILES string of the molecule is O=Cc1ccc2c(c1)C(CCc1cccc(Cl)c1)CO2. The molecule has 20 heavy (non-hydrogen) atoms. The van der Waals surface area contributed by atoms with Crippen molar-refractivity contribution in [2.75, 3.05) is 6.61 Å². The third-order valence-electron chi connectivity index (χ3n) is 3.72. The van der Waals surface area contributed by atoms with Gasteiger partial charge in [-0.05, 0) is 48.7 Å². The molecule has 3 heteroatoms. The van der Waals surface area contributed by atoms with Gasteiger partial charge in [-0.25, -0.2) is 0 Å². The molecule has 2 aromatic carbocycles. The summed E-state index contributed by atoms with van der Waals surface area (Å²) >= 11 is 6.00. The summed E-state index contributed by atoms with van der Waals surface area (Å²) in [6.07, 6.45) is 2.83. The van der Waals surface area contributed by atoms with Crippen LogP contribution in [0.2, 0.25) is 5.02 Å². The Kier molecular flexibility index (Phi) is 3.75. The predicted molar refractivity (Wildman–Crippen MR) is 79.8 cm³/mol. The molecule has 2 nitrogen and oxygen atoms in total. The van der Waals surface area contributed by atoms with Crippen LogP contribution in [0.25, 0.3) is 0 Å². The number of benzene rings is 2. The van der Waals surface area contributed by atoms with Gasteiger partial charge in [0.1, 0.15) is 12.0 Å². The van der Waals surface area contributed by atoms with Crippen molar-refractivity contribution in [1.29, 1.82) is 0 Å². The first-order valence-electron chi connectivity index (χ1n) is 6.72. The molecule has 0 saturated carbocycles. The molecule has 0 saturated heterocycles. The van der Waals surface area contributed by atoms with Crippen LogP contribution in [0.5, 0.6) is 5.75 Å². The standard InChI is InChI=1S/C17H15ClO2/c18-15-3-1-2-12(8-15)4-6-14-11-20-17-7-5-13(10-19)9-16(14)17/h1-3,5,7-10,14H,4,6,11H2. The number of hydrogen-bond acceptors (Lipinski definition) is 2. The van der Waals surface area contributed by atoms with E-state index < -0.39 is 0 Å². The van der Waals surface area contributed by atoms with Crippen LogP contribution in [0, 0.1) is 0 Å². The summed E-state index contributed by atoms with van der Waals surface area (Å²) in [5.74, 6) is 1.26. The van der Waals surface area contributed by atoms with E-state index in [-0.39, 0.29) is 0 Å². The van der Waals surface area contributed by atoms with Gasteiger partial charge < -0.3 is 4.74 Å². The number of carbonyl (C=O) groups is 1. The number of rotatable bonds is 4. The van der Waals surface area contributed by atoms with E-state index in [0.717, 1.165) is 35.5 Å². The second-order valence-corrected chi connectivity index (χ2v) is 5.53.